The number of alkyl halides is 9. The molecule has 1 unspecified atom stereocenters. The van der Waals surface area contributed by atoms with Crippen molar-refractivity contribution < 1.29 is 48.7 Å². The van der Waals surface area contributed by atoms with Crippen LogP contribution in [-0.2, 0) is 6.18 Å². The maximum Gasteiger partial charge on any atom is 0.417 e. The average molecular weight is 665 g/mol. The van der Waals surface area contributed by atoms with Gasteiger partial charge in [0.2, 0.25) is 0 Å². The van der Waals surface area contributed by atoms with Gasteiger partial charge in [-0.1, -0.05) is 40.9 Å². The molecule has 0 saturated heterocycles. The lowest BCUT2D eigenvalue weighted by molar-refractivity contribution is -0.140. The smallest absolute Gasteiger partial charge is 0.349 e. The van der Waals surface area contributed by atoms with Crippen LogP contribution in [0.2, 0.25) is 15.1 Å². The minimum absolute atomic E-state index is 0.0331. The molecule has 2 rings (SSSR count). The number of hydrogen-bond donors (Lipinski definition) is 1. The Hall–Kier alpha value is -1.83. The zero-order valence-corrected chi connectivity index (χ0v) is 23.1. The van der Waals surface area contributed by atoms with Crippen molar-refractivity contribution in [1.82, 2.24) is 5.32 Å². The van der Waals surface area contributed by atoms with Crippen LogP contribution in [0.4, 0.5) is 43.9 Å². The number of carbonyl (C=O) groups is 1. The summed E-state index contributed by atoms with van der Waals surface area (Å²) >= 11 is 18.1. The highest BCUT2D eigenvalue weighted by Gasteiger charge is 2.41. The molecule has 0 radical (unpaired) electrons. The van der Waals surface area contributed by atoms with E-state index >= 15 is 0 Å². The first-order valence-corrected chi connectivity index (χ1v) is 13.2. The monoisotopic (exact) mass is 663 g/mol. The first-order valence-electron chi connectivity index (χ1n) is 11.0. The average Bonchev–Trinajstić information content (AvgIpc) is 2.81. The highest BCUT2D eigenvalue weighted by molar-refractivity contribution is 7.99. The molecule has 0 fully saturated rings. The van der Waals surface area contributed by atoms with Crippen molar-refractivity contribution in [2.45, 2.75) is 43.8 Å². The zero-order valence-electron chi connectivity index (χ0n) is 20.0. The van der Waals surface area contributed by atoms with E-state index in [4.69, 9.17) is 34.8 Å². The Morgan fingerprint density at radius 1 is 0.975 bits per heavy atom. The molecule has 0 aromatic heterocycles. The molecular weight excluding hydrogens is 647 g/mol. The van der Waals surface area contributed by atoms with Gasteiger partial charge in [-0.2, -0.15) is 51.3 Å². The van der Waals surface area contributed by atoms with E-state index in [1.54, 1.807) is 0 Å². The fourth-order valence-corrected chi connectivity index (χ4v) is 4.89. The molecule has 16 heteroatoms. The number of halogens is 13. The second kappa shape index (κ2) is 13.4. The van der Waals surface area contributed by atoms with Crippen LogP contribution >= 0.6 is 46.6 Å². The lowest BCUT2D eigenvalue weighted by atomic mass is 9.95. The summed E-state index contributed by atoms with van der Waals surface area (Å²) in [6, 6.07) is 2.19. The molecule has 40 heavy (non-hydrogen) atoms. The topological polar surface area (TPSA) is 29.1 Å². The third-order valence-electron chi connectivity index (χ3n) is 5.15. The van der Waals surface area contributed by atoms with E-state index in [2.05, 4.69) is 5.32 Å². The molecule has 0 heterocycles. The first kappa shape index (κ1) is 34.4. The van der Waals surface area contributed by atoms with Crippen molar-refractivity contribution in [3.05, 3.63) is 73.7 Å². The third kappa shape index (κ3) is 9.92. The molecule has 2 nitrogen and oxygen atoms in total. The van der Waals surface area contributed by atoms with Gasteiger partial charge in [0, 0.05) is 23.1 Å². The number of benzene rings is 2. The summed E-state index contributed by atoms with van der Waals surface area (Å²) in [4.78, 5) is 12.5. The highest BCUT2D eigenvalue weighted by Crippen LogP contribution is 2.43. The van der Waals surface area contributed by atoms with Crippen LogP contribution in [0.1, 0.15) is 46.3 Å². The van der Waals surface area contributed by atoms with E-state index < -0.39 is 70.9 Å². The van der Waals surface area contributed by atoms with E-state index in [0.717, 1.165) is 23.9 Å². The van der Waals surface area contributed by atoms with Crippen LogP contribution < -0.4 is 5.32 Å². The van der Waals surface area contributed by atoms with Crippen molar-refractivity contribution in [3.63, 3.8) is 0 Å². The number of hydrogen-bond acceptors (Lipinski definition) is 2. The van der Waals surface area contributed by atoms with E-state index in [0.29, 0.717) is 12.1 Å². The molecule has 0 aliphatic carbocycles. The van der Waals surface area contributed by atoms with Crippen LogP contribution in [-0.4, -0.2) is 35.8 Å². The van der Waals surface area contributed by atoms with Crippen molar-refractivity contribution in [2.75, 3.05) is 11.5 Å². The zero-order chi connectivity index (χ0) is 30.6. The molecule has 222 valence electrons. The van der Waals surface area contributed by atoms with Crippen LogP contribution in [0.15, 0.2) is 36.4 Å². The lowest BCUT2D eigenvalue weighted by Crippen LogP contribution is -2.35. The van der Waals surface area contributed by atoms with E-state index in [1.165, 1.54) is 6.92 Å². The Bertz CT molecular complexity index is 1220. The SMILES string of the molecule is C[C@H](CSCCC(F)(F)F)NC(=O)c1ccc(/C(F)=C/C(c2cc(Cl)c(Cl)c(Cl)c2)C(F)(F)F)cc1C(F)(F)F. The third-order valence-corrected chi connectivity index (χ3v) is 7.58. The van der Waals surface area contributed by atoms with Gasteiger partial charge in [0.05, 0.1) is 32.6 Å². The number of carbonyl (C=O) groups excluding carboxylic acids is 1. The number of rotatable bonds is 9. The standard InChI is InChI=1S/C24H18Cl3F10NOS/c1-11(10-40-5-4-22(29,30)31)38-21(39)14-3-2-12(6-16(14)24(35,36)37)19(28)9-15(23(32,33)34)13-7-17(25)20(27)18(26)8-13/h2-3,6-9,11,15H,4-5,10H2,1H3,(H,38,39)/b19-9-/t11-,15?/m1/s1. The number of thioether (sulfide) groups is 1. The summed E-state index contributed by atoms with van der Waals surface area (Å²) in [6.45, 7) is 1.36. The van der Waals surface area contributed by atoms with Gasteiger partial charge in [-0.25, -0.2) is 4.39 Å². The molecule has 2 aromatic carbocycles. The van der Waals surface area contributed by atoms with E-state index in [1.807, 2.05) is 0 Å². The molecule has 0 spiro atoms. The maximum absolute atomic E-state index is 15.0. The predicted octanol–water partition coefficient (Wildman–Crippen LogP) is 10.1. The van der Waals surface area contributed by atoms with Gasteiger partial charge >= 0.3 is 18.5 Å². The van der Waals surface area contributed by atoms with Crippen molar-refractivity contribution in [3.8, 4) is 0 Å². The van der Waals surface area contributed by atoms with Gasteiger partial charge in [-0.05, 0) is 42.8 Å². The molecule has 0 aliphatic rings. The minimum Gasteiger partial charge on any atom is -0.349 e. The number of amides is 1. The van der Waals surface area contributed by atoms with Crippen LogP contribution in [0, 0.1) is 0 Å². The molecule has 0 saturated carbocycles. The minimum atomic E-state index is -5.21. The maximum atomic E-state index is 15.0. The van der Waals surface area contributed by atoms with Gasteiger partial charge in [-0.15, -0.1) is 0 Å². The lowest BCUT2D eigenvalue weighted by Gasteiger charge is -2.20. The Morgan fingerprint density at radius 2 is 1.55 bits per heavy atom. The van der Waals surface area contributed by atoms with Crippen LogP contribution in [0.25, 0.3) is 5.83 Å². The fraction of sp³-hybridized carbons (Fsp3) is 0.375. The summed E-state index contributed by atoms with van der Waals surface area (Å²) in [5.74, 6) is -5.99. The molecule has 2 atom stereocenters. The van der Waals surface area contributed by atoms with Gasteiger partial charge in [-0.3, -0.25) is 4.79 Å². The number of nitrogens with one attached hydrogen (secondary N) is 1. The van der Waals surface area contributed by atoms with Gasteiger partial charge in [0.25, 0.3) is 5.91 Å². The fourth-order valence-electron chi connectivity index (χ4n) is 3.29. The van der Waals surface area contributed by atoms with Gasteiger partial charge in [0.1, 0.15) is 11.7 Å². The Kier molecular flexibility index (Phi) is 11.5. The van der Waals surface area contributed by atoms with Crippen molar-refractivity contribution in [1.29, 1.82) is 0 Å². The van der Waals surface area contributed by atoms with Gasteiger partial charge in [0.15, 0.2) is 0 Å². The second-order valence-corrected chi connectivity index (χ2v) is 10.7. The summed E-state index contributed by atoms with van der Waals surface area (Å²) in [5, 5.41) is 1.22. The highest BCUT2D eigenvalue weighted by atomic mass is 35.5. The Balaban J connectivity index is 2.36. The molecule has 0 aliphatic heterocycles. The van der Waals surface area contributed by atoms with E-state index in [9.17, 15) is 48.7 Å². The van der Waals surface area contributed by atoms with Crippen molar-refractivity contribution in [2.24, 2.45) is 0 Å². The molecular formula is C24H18Cl3F10NOS. The summed E-state index contributed by atoms with van der Waals surface area (Å²) in [5.41, 5.74) is -4.12. The second-order valence-electron chi connectivity index (χ2n) is 8.41. The summed E-state index contributed by atoms with van der Waals surface area (Å²) in [7, 11) is 0. The summed E-state index contributed by atoms with van der Waals surface area (Å²) < 4.78 is 134. The number of allylic oxidation sites excluding steroid dienone is 1. The molecule has 2 aromatic rings. The summed E-state index contributed by atoms with van der Waals surface area (Å²) in [6.07, 6.45) is -15.8. The largest absolute Gasteiger partial charge is 0.417 e. The predicted molar refractivity (Wildman–Crippen MR) is 136 cm³/mol. The Morgan fingerprint density at radius 3 is 2.05 bits per heavy atom. The quantitative estimate of drug-likeness (QED) is 0.164. The molecule has 1 N–H and O–H groups in total. The molecule has 1 amide bonds. The van der Waals surface area contributed by atoms with Crippen LogP contribution in [0.3, 0.4) is 0 Å². The van der Waals surface area contributed by atoms with E-state index in [-0.39, 0.29) is 38.7 Å². The first-order chi connectivity index (χ1) is 18.2. The van der Waals surface area contributed by atoms with Crippen molar-refractivity contribution >= 4 is 58.3 Å². The Labute approximate surface area is 241 Å². The normalized spacial score (nSPS) is 14.7. The van der Waals surface area contributed by atoms with Gasteiger partial charge < -0.3 is 5.32 Å². The molecule has 0 bridgehead atoms. The van der Waals surface area contributed by atoms with Crippen LogP contribution in [0.5, 0.6) is 0 Å².